The molecule has 0 aromatic heterocycles. The first-order valence-electron chi connectivity index (χ1n) is 7.07. The minimum absolute atomic E-state index is 0.0517. The molecule has 1 atom stereocenters. The fraction of sp³-hybridized carbons (Fsp3) is 0.533. The number of anilines is 2. The molecule has 0 saturated carbocycles. The van der Waals surface area contributed by atoms with Gasteiger partial charge in [-0.1, -0.05) is 18.5 Å². The zero-order valence-corrected chi connectivity index (χ0v) is 13.9. The standard InChI is InChI=1S/C15H25ClN4O/c1-5-20(11(2)9-19(3)4)10-15(21)18-12-6-7-13(16)14(17)8-12/h6-8,11H,5,9-10,17H2,1-4H3,(H,18,21). The first-order chi connectivity index (χ1) is 9.83. The molecule has 0 bridgehead atoms. The van der Waals surface area contributed by atoms with E-state index in [4.69, 9.17) is 17.3 Å². The number of nitrogens with two attached hydrogens (primary N) is 1. The van der Waals surface area contributed by atoms with Gasteiger partial charge in [0.05, 0.1) is 17.3 Å². The molecule has 0 saturated heterocycles. The number of amides is 1. The zero-order valence-electron chi connectivity index (χ0n) is 13.2. The summed E-state index contributed by atoms with van der Waals surface area (Å²) >= 11 is 5.86. The number of nitrogens with zero attached hydrogens (tertiary/aromatic N) is 2. The average Bonchev–Trinajstić information content (AvgIpc) is 2.39. The zero-order chi connectivity index (χ0) is 16.0. The Morgan fingerprint density at radius 1 is 1.43 bits per heavy atom. The van der Waals surface area contributed by atoms with Crippen LogP contribution in [-0.4, -0.2) is 55.5 Å². The summed E-state index contributed by atoms with van der Waals surface area (Å²) in [6, 6.07) is 5.40. The fourth-order valence-electron chi connectivity index (χ4n) is 2.23. The third-order valence-electron chi connectivity index (χ3n) is 3.29. The van der Waals surface area contributed by atoms with E-state index in [2.05, 4.69) is 29.0 Å². The monoisotopic (exact) mass is 312 g/mol. The predicted molar refractivity (Wildman–Crippen MR) is 89.8 cm³/mol. The van der Waals surface area contributed by atoms with Crippen LogP contribution in [0.4, 0.5) is 11.4 Å². The molecule has 0 aliphatic carbocycles. The Morgan fingerprint density at radius 2 is 2.10 bits per heavy atom. The van der Waals surface area contributed by atoms with E-state index in [0.29, 0.717) is 29.0 Å². The van der Waals surface area contributed by atoms with Crippen LogP contribution < -0.4 is 11.1 Å². The van der Waals surface area contributed by atoms with Crippen molar-refractivity contribution in [2.75, 3.05) is 44.8 Å². The largest absolute Gasteiger partial charge is 0.397 e. The number of nitrogen functional groups attached to an aromatic ring is 1. The number of hydrogen-bond donors (Lipinski definition) is 2. The highest BCUT2D eigenvalue weighted by molar-refractivity contribution is 6.33. The SMILES string of the molecule is CCN(CC(=O)Nc1ccc(Cl)c(N)c1)C(C)CN(C)C. The van der Waals surface area contributed by atoms with Crippen LogP contribution in [0.3, 0.4) is 0 Å². The minimum atomic E-state index is -0.0517. The number of carbonyl (C=O) groups excluding carboxylic acids is 1. The van der Waals surface area contributed by atoms with E-state index in [9.17, 15) is 4.79 Å². The summed E-state index contributed by atoms with van der Waals surface area (Å²) in [5.41, 5.74) is 6.85. The van der Waals surface area contributed by atoms with Gasteiger partial charge in [0.15, 0.2) is 0 Å². The van der Waals surface area contributed by atoms with Crippen LogP contribution in [0.5, 0.6) is 0 Å². The maximum atomic E-state index is 12.1. The molecule has 21 heavy (non-hydrogen) atoms. The van der Waals surface area contributed by atoms with E-state index in [0.717, 1.165) is 13.1 Å². The average molecular weight is 313 g/mol. The first-order valence-corrected chi connectivity index (χ1v) is 7.45. The first kappa shape index (κ1) is 17.8. The highest BCUT2D eigenvalue weighted by atomic mass is 35.5. The summed E-state index contributed by atoms with van der Waals surface area (Å²) in [5.74, 6) is -0.0517. The number of hydrogen-bond acceptors (Lipinski definition) is 4. The van der Waals surface area contributed by atoms with E-state index >= 15 is 0 Å². The maximum absolute atomic E-state index is 12.1. The van der Waals surface area contributed by atoms with Crippen molar-refractivity contribution in [2.45, 2.75) is 19.9 Å². The van der Waals surface area contributed by atoms with Gasteiger partial charge >= 0.3 is 0 Å². The van der Waals surface area contributed by atoms with Gasteiger partial charge in [-0.15, -0.1) is 0 Å². The summed E-state index contributed by atoms with van der Waals surface area (Å²) in [7, 11) is 4.06. The van der Waals surface area contributed by atoms with Gasteiger partial charge in [-0.2, -0.15) is 0 Å². The summed E-state index contributed by atoms with van der Waals surface area (Å²) in [6.07, 6.45) is 0. The van der Waals surface area contributed by atoms with Gasteiger partial charge in [0.2, 0.25) is 5.91 Å². The molecule has 1 unspecified atom stereocenters. The molecular formula is C15H25ClN4O. The van der Waals surface area contributed by atoms with Gasteiger partial charge < -0.3 is 16.0 Å². The molecule has 3 N–H and O–H groups in total. The minimum Gasteiger partial charge on any atom is -0.397 e. The lowest BCUT2D eigenvalue weighted by Gasteiger charge is -2.29. The van der Waals surface area contributed by atoms with Crippen LogP contribution in [-0.2, 0) is 4.79 Å². The Hall–Kier alpha value is -1.30. The number of carbonyl (C=O) groups is 1. The third kappa shape index (κ3) is 5.91. The van der Waals surface area contributed by atoms with Gasteiger partial charge in [-0.05, 0) is 45.8 Å². The van der Waals surface area contributed by atoms with Crippen molar-refractivity contribution >= 4 is 28.9 Å². The summed E-state index contributed by atoms with van der Waals surface area (Å²) in [6.45, 7) is 6.27. The Bertz CT molecular complexity index is 479. The van der Waals surface area contributed by atoms with E-state index < -0.39 is 0 Å². The Morgan fingerprint density at radius 3 is 2.62 bits per heavy atom. The van der Waals surface area contributed by atoms with E-state index in [1.165, 1.54) is 0 Å². The van der Waals surface area contributed by atoms with Crippen LogP contribution in [0.25, 0.3) is 0 Å². The molecule has 0 heterocycles. The van der Waals surface area contributed by atoms with Crippen LogP contribution in [0.2, 0.25) is 5.02 Å². The summed E-state index contributed by atoms with van der Waals surface area (Å²) in [5, 5.41) is 3.34. The molecule has 0 aliphatic rings. The molecule has 1 aromatic rings. The lowest BCUT2D eigenvalue weighted by Crippen LogP contribution is -2.43. The number of likely N-dealkylation sites (N-methyl/N-ethyl adjacent to an activating group) is 2. The summed E-state index contributed by atoms with van der Waals surface area (Å²) in [4.78, 5) is 16.4. The van der Waals surface area contributed by atoms with Crippen LogP contribution >= 0.6 is 11.6 Å². The van der Waals surface area contributed by atoms with Crippen molar-refractivity contribution in [1.82, 2.24) is 9.80 Å². The van der Waals surface area contributed by atoms with Crippen molar-refractivity contribution in [3.8, 4) is 0 Å². The quantitative estimate of drug-likeness (QED) is 0.757. The highest BCUT2D eigenvalue weighted by Gasteiger charge is 2.16. The van der Waals surface area contributed by atoms with Gasteiger partial charge in [0.1, 0.15) is 0 Å². The lowest BCUT2D eigenvalue weighted by atomic mass is 10.2. The van der Waals surface area contributed by atoms with Gasteiger partial charge in [-0.3, -0.25) is 9.69 Å². The van der Waals surface area contributed by atoms with Crippen LogP contribution in [0.1, 0.15) is 13.8 Å². The van der Waals surface area contributed by atoms with Crippen molar-refractivity contribution < 1.29 is 4.79 Å². The number of benzene rings is 1. The fourth-order valence-corrected chi connectivity index (χ4v) is 2.35. The predicted octanol–water partition coefficient (Wildman–Crippen LogP) is 2.13. The maximum Gasteiger partial charge on any atom is 0.238 e. The third-order valence-corrected chi connectivity index (χ3v) is 3.63. The van der Waals surface area contributed by atoms with E-state index in [1.54, 1.807) is 18.2 Å². The second kappa shape index (κ2) is 8.22. The van der Waals surface area contributed by atoms with Gasteiger partial charge in [-0.25, -0.2) is 0 Å². The number of rotatable bonds is 7. The second-order valence-electron chi connectivity index (χ2n) is 5.46. The van der Waals surface area contributed by atoms with Crippen molar-refractivity contribution in [2.24, 2.45) is 0 Å². The molecular weight excluding hydrogens is 288 g/mol. The Labute approximate surface area is 132 Å². The molecule has 1 rings (SSSR count). The Balaban J connectivity index is 2.60. The number of halogens is 1. The lowest BCUT2D eigenvalue weighted by molar-refractivity contribution is -0.117. The second-order valence-corrected chi connectivity index (χ2v) is 5.87. The number of nitrogens with one attached hydrogen (secondary N) is 1. The smallest absolute Gasteiger partial charge is 0.238 e. The molecule has 1 aromatic carbocycles. The van der Waals surface area contributed by atoms with E-state index in [-0.39, 0.29) is 5.91 Å². The van der Waals surface area contributed by atoms with Crippen molar-refractivity contribution in [3.05, 3.63) is 23.2 Å². The molecule has 1 amide bonds. The molecule has 0 fully saturated rings. The molecule has 0 spiro atoms. The summed E-state index contributed by atoms with van der Waals surface area (Å²) < 4.78 is 0. The van der Waals surface area contributed by atoms with Gasteiger partial charge in [0.25, 0.3) is 0 Å². The van der Waals surface area contributed by atoms with Crippen molar-refractivity contribution in [1.29, 1.82) is 0 Å². The molecule has 118 valence electrons. The Kier molecular flexibility index (Phi) is 6.95. The van der Waals surface area contributed by atoms with Gasteiger partial charge in [0, 0.05) is 18.3 Å². The highest BCUT2D eigenvalue weighted by Crippen LogP contribution is 2.22. The molecule has 0 aliphatic heterocycles. The van der Waals surface area contributed by atoms with Crippen molar-refractivity contribution in [3.63, 3.8) is 0 Å². The molecule has 6 heteroatoms. The van der Waals surface area contributed by atoms with Crippen LogP contribution in [0, 0.1) is 0 Å². The molecule has 0 radical (unpaired) electrons. The van der Waals surface area contributed by atoms with Crippen LogP contribution in [0.15, 0.2) is 18.2 Å². The molecule has 5 nitrogen and oxygen atoms in total. The van der Waals surface area contributed by atoms with E-state index in [1.807, 2.05) is 14.1 Å². The topological polar surface area (TPSA) is 61.6 Å². The normalized spacial score (nSPS) is 12.7.